The second kappa shape index (κ2) is 5.10. The predicted molar refractivity (Wildman–Crippen MR) is 71.4 cm³/mol. The van der Waals surface area contributed by atoms with Crippen LogP contribution in [0.25, 0.3) is 11.3 Å². The first-order valence-electron chi connectivity index (χ1n) is 4.74. The highest BCUT2D eigenvalue weighted by atomic mass is 35.5. The van der Waals surface area contributed by atoms with Crippen LogP contribution in [-0.4, -0.2) is 9.91 Å². The molecule has 0 radical (unpaired) electrons. The minimum absolute atomic E-state index is 0.0944. The third kappa shape index (κ3) is 2.56. The average Bonchev–Trinajstić information content (AvgIpc) is 2.34. The average molecular weight is 304 g/mol. The number of nitrogens with zero attached hydrogens (tertiary/aromatic N) is 2. The summed E-state index contributed by atoms with van der Waals surface area (Å²) < 4.78 is 0. The molecule has 0 unspecified atom stereocenters. The molecule has 0 aliphatic carbocycles. The fourth-order valence-corrected chi connectivity index (χ4v) is 2.10. The van der Waals surface area contributed by atoms with Crippen molar-refractivity contribution >= 4 is 40.5 Å². The summed E-state index contributed by atoms with van der Waals surface area (Å²) in [6, 6.07) is 5.95. The molecular formula is C11H5Cl3N2O2. The predicted octanol–water partition coefficient (Wildman–Crippen LogP) is 4.62. The van der Waals surface area contributed by atoms with Gasteiger partial charge in [-0.05, 0) is 18.2 Å². The standard InChI is InChI=1S/C11H5Cl3N2O2/c12-6-3-8(11(14)9(13)4-6)10-2-1-7(5-15-10)16(17)18/h1-5H. The van der Waals surface area contributed by atoms with Crippen LogP contribution in [0, 0.1) is 10.1 Å². The van der Waals surface area contributed by atoms with Crippen molar-refractivity contribution in [2.75, 3.05) is 0 Å². The highest BCUT2D eigenvalue weighted by molar-refractivity contribution is 6.45. The first-order valence-corrected chi connectivity index (χ1v) is 5.88. The molecule has 1 aromatic carbocycles. The summed E-state index contributed by atoms with van der Waals surface area (Å²) in [7, 11) is 0. The van der Waals surface area contributed by atoms with Crippen molar-refractivity contribution in [3.8, 4) is 11.3 Å². The first-order chi connectivity index (χ1) is 8.49. The van der Waals surface area contributed by atoms with Crippen molar-refractivity contribution in [1.29, 1.82) is 0 Å². The van der Waals surface area contributed by atoms with Crippen LogP contribution < -0.4 is 0 Å². The number of pyridine rings is 1. The Morgan fingerprint density at radius 3 is 2.44 bits per heavy atom. The van der Waals surface area contributed by atoms with E-state index < -0.39 is 4.92 Å². The van der Waals surface area contributed by atoms with Gasteiger partial charge < -0.3 is 0 Å². The molecular weight excluding hydrogens is 298 g/mol. The fourth-order valence-electron chi connectivity index (χ4n) is 1.40. The maximum Gasteiger partial charge on any atom is 0.287 e. The molecule has 18 heavy (non-hydrogen) atoms. The van der Waals surface area contributed by atoms with E-state index in [0.29, 0.717) is 26.3 Å². The molecule has 7 heteroatoms. The van der Waals surface area contributed by atoms with Gasteiger partial charge in [-0.1, -0.05) is 34.8 Å². The SMILES string of the molecule is O=[N+]([O-])c1ccc(-c2cc(Cl)cc(Cl)c2Cl)nc1. The highest BCUT2D eigenvalue weighted by Gasteiger charge is 2.12. The van der Waals surface area contributed by atoms with E-state index in [9.17, 15) is 10.1 Å². The summed E-state index contributed by atoms with van der Waals surface area (Å²) in [6.07, 6.45) is 1.15. The Bertz CT molecular complexity index is 614. The molecule has 2 aromatic rings. The molecule has 4 nitrogen and oxygen atoms in total. The monoisotopic (exact) mass is 302 g/mol. The Labute approximate surface area is 117 Å². The van der Waals surface area contributed by atoms with Crippen LogP contribution in [0.5, 0.6) is 0 Å². The Hall–Kier alpha value is -1.36. The molecule has 0 aliphatic rings. The van der Waals surface area contributed by atoms with Gasteiger partial charge in [-0.2, -0.15) is 0 Å². The maximum atomic E-state index is 10.5. The lowest BCUT2D eigenvalue weighted by Gasteiger charge is -2.06. The Morgan fingerprint density at radius 2 is 1.89 bits per heavy atom. The van der Waals surface area contributed by atoms with Crippen LogP contribution in [0.4, 0.5) is 5.69 Å². The quantitative estimate of drug-likeness (QED) is 0.462. The second-order valence-corrected chi connectivity index (χ2v) is 4.63. The van der Waals surface area contributed by atoms with Crippen molar-refractivity contribution in [2.45, 2.75) is 0 Å². The number of nitro groups is 1. The van der Waals surface area contributed by atoms with Crippen molar-refractivity contribution in [2.24, 2.45) is 0 Å². The van der Waals surface area contributed by atoms with Gasteiger partial charge in [0.05, 0.1) is 20.7 Å². The highest BCUT2D eigenvalue weighted by Crippen LogP contribution is 2.35. The van der Waals surface area contributed by atoms with Crippen molar-refractivity contribution in [3.63, 3.8) is 0 Å². The van der Waals surface area contributed by atoms with Crippen molar-refractivity contribution < 1.29 is 4.92 Å². The van der Waals surface area contributed by atoms with E-state index >= 15 is 0 Å². The van der Waals surface area contributed by atoms with Gasteiger partial charge in [0.1, 0.15) is 6.20 Å². The lowest BCUT2D eigenvalue weighted by molar-refractivity contribution is -0.385. The van der Waals surface area contributed by atoms with Crippen LogP contribution in [0.15, 0.2) is 30.5 Å². The van der Waals surface area contributed by atoms with Gasteiger partial charge in [0, 0.05) is 16.7 Å². The zero-order chi connectivity index (χ0) is 13.3. The van der Waals surface area contributed by atoms with Crippen LogP contribution in [0.2, 0.25) is 15.1 Å². The number of benzene rings is 1. The molecule has 2 rings (SSSR count). The molecule has 0 atom stereocenters. The van der Waals surface area contributed by atoms with Gasteiger partial charge in [0.25, 0.3) is 5.69 Å². The molecule has 0 fully saturated rings. The zero-order valence-corrected chi connectivity index (χ0v) is 11.0. The molecule has 0 saturated heterocycles. The molecule has 0 aliphatic heterocycles. The summed E-state index contributed by atoms with van der Waals surface area (Å²) in [5.74, 6) is 0. The lowest BCUT2D eigenvalue weighted by atomic mass is 10.1. The third-order valence-corrected chi connectivity index (χ3v) is 3.25. The first kappa shape index (κ1) is 13.1. The number of halogens is 3. The van der Waals surface area contributed by atoms with Gasteiger partial charge >= 0.3 is 0 Å². The van der Waals surface area contributed by atoms with Gasteiger partial charge in [-0.25, -0.2) is 4.98 Å². The molecule has 1 heterocycles. The van der Waals surface area contributed by atoms with E-state index in [0.717, 1.165) is 6.20 Å². The Balaban J connectivity index is 2.52. The zero-order valence-electron chi connectivity index (χ0n) is 8.73. The number of rotatable bonds is 2. The lowest BCUT2D eigenvalue weighted by Crippen LogP contribution is -1.91. The second-order valence-electron chi connectivity index (χ2n) is 3.41. The summed E-state index contributed by atoms with van der Waals surface area (Å²) in [6.45, 7) is 0. The minimum atomic E-state index is -0.524. The van der Waals surface area contributed by atoms with Crippen molar-refractivity contribution in [3.05, 3.63) is 55.6 Å². The largest absolute Gasteiger partial charge is 0.287 e. The normalized spacial score (nSPS) is 10.4. The molecule has 0 amide bonds. The molecule has 0 bridgehead atoms. The number of aromatic nitrogens is 1. The van der Waals surface area contributed by atoms with Gasteiger partial charge in [0.15, 0.2) is 0 Å². The van der Waals surface area contributed by atoms with E-state index in [4.69, 9.17) is 34.8 Å². The van der Waals surface area contributed by atoms with Gasteiger partial charge in [-0.3, -0.25) is 10.1 Å². The number of hydrogen-bond donors (Lipinski definition) is 0. The summed E-state index contributed by atoms with van der Waals surface area (Å²) in [5, 5.41) is 11.6. The van der Waals surface area contributed by atoms with Crippen LogP contribution >= 0.6 is 34.8 Å². The van der Waals surface area contributed by atoms with E-state index in [1.807, 2.05) is 0 Å². The van der Waals surface area contributed by atoms with Gasteiger partial charge in [0.2, 0.25) is 0 Å². The smallest absolute Gasteiger partial charge is 0.258 e. The van der Waals surface area contributed by atoms with Crippen LogP contribution in [-0.2, 0) is 0 Å². The van der Waals surface area contributed by atoms with E-state index in [-0.39, 0.29) is 5.69 Å². The topological polar surface area (TPSA) is 56.0 Å². The summed E-state index contributed by atoms with van der Waals surface area (Å²) in [5.41, 5.74) is 0.905. The molecule has 1 aromatic heterocycles. The summed E-state index contributed by atoms with van der Waals surface area (Å²) in [4.78, 5) is 14.0. The Kier molecular flexibility index (Phi) is 3.71. The van der Waals surface area contributed by atoms with E-state index in [2.05, 4.69) is 4.98 Å². The summed E-state index contributed by atoms with van der Waals surface area (Å²) >= 11 is 17.8. The number of hydrogen-bond acceptors (Lipinski definition) is 3. The molecule has 0 N–H and O–H groups in total. The van der Waals surface area contributed by atoms with Gasteiger partial charge in [-0.15, -0.1) is 0 Å². The minimum Gasteiger partial charge on any atom is -0.258 e. The molecule has 92 valence electrons. The Morgan fingerprint density at radius 1 is 1.17 bits per heavy atom. The van der Waals surface area contributed by atoms with E-state index in [1.165, 1.54) is 18.2 Å². The van der Waals surface area contributed by atoms with E-state index in [1.54, 1.807) is 6.07 Å². The van der Waals surface area contributed by atoms with Crippen molar-refractivity contribution in [1.82, 2.24) is 4.98 Å². The van der Waals surface area contributed by atoms with Crippen LogP contribution in [0.1, 0.15) is 0 Å². The maximum absolute atomic E-state index is 10.5. The molecule has 0 saturated carbocycles. The third-order valence-electron chi connectivity index (χ3n) is 2.23. The van der Waals surface area contributed by atoms with Crippen LogP contribution in [0.3, 0.4) is 0 Å². The fraction of sp³-hybridized carbons (Fsp3) is 0. The molecule has 0 spiro atoms.